The second-order valence-corrected chi connectivity index (χ2v) is 5.20. The molecule has 2 saturated heterocycles. The molecule has 2 rings (SSSR count). The molecule has 0 bridgehead atoms. The predicted octanol–water partition coefficient (Wildman–Crippen LogP) is 0.367. The van der Waals surface area contributed by atoms with Crippen LogP contribution in [0.15, 0.2) is 0 Å². The Labute approximate surface area is 89.0 Å². The first-order chi connectivity index (χ1) is 6.85. The van der Waals surface area contributed by atoms with Gasteiger partial charge in [-0.05, 0) is 20.8 Å². The Hall–Kier alpha value is -0.810. The first-order valence-electron chi connectivity index (χ1n) is 5.12. The summed E-state index contributed by atoms with van der Waals surface area (Å²) in [6.07, 6.45) is -0.838. The minimum absolute atomic E-state index is 0.346. The fraction of sp³-hybridized carbons (Fsp3) is 0.900. The lowest BCUT2D eigenvalue weighted by Crippen LogP contribution is -2.80. The highest BCUT2D eigenvalue weighted by molar-refractivity contribution is 5.71. The van der Waals surface area contributed by atoms with Crippen molar-refractivity contribution in [2.24, 2.45) is 0 Å². The summed E-state index contributed by atoms with van der Waals surface area (Å²) in [7, 11) is 0. The molecule has 0 aromatic carbocycles. The highest BCUT2D eigenvalue weighted by atomic mass is 16.6. The van der Waals surface area contributed by atoms with Crippen LogP contribution in [0.2, 0.25) is 0 Å². The van der Waals surface area contributed by atoms with E-state index >= 15 is 0 Å². The Morgan fingerprint density at radius 1 is 1.53 bits per heavy atom. The molecule has 2 heterocycles. The molecule has 0 aromatic heterocycles. The van der Waals surface area contributed by atoms with E-state index in [1.54, 1.807) is 4.90 Å². The number of hydrogen-bond acceptors (Lipinski definition) is 4. The van der Waals surface area contributed by atoms with Crippen LogP contribution in [0.3, 0.4) is 0 Å². The molecule has 1 atom stereocenters. The molecule has 0 aliphatic carbocycles. The van der Waals surface area contributed by atoms with Gasteiger partial charge in [-0.1, -0.05) is 0 Å². The number of nitrogens with zero attached hydrogens (tertiary/aromatic N) is 1. The van der Waals surface area contributed by atoms with E-state index < -0.39 is 17.2 Å². The van der Waals surface area contributed by atoms with Crippen molar-refractivity contribution in [1.29, 1.82) is 0 Å². The molecule has 1 unspecified atom stereocenters. The summed E-state index contributed by atoms with van der Waals surface area (Å²) in [5.41, 5.74) is -0.994. The number of amides is 1. The van der Waals surface area contributed by atoms with Crippen LogP contribution in [-0.4, -0.2) is 53.1 Å². The molecule has 2 fully saturated rings. The SMILES string of the molecule is CC(C)(C)OC(=O)N1CC(O)C12COC2. The number of carbonyl (C=O) groups excluding carboxylic acids is 1. The Bertz CT molecular complexity index is 280. The fourth-order valence-electron chi connectivity index (χ4n) is 1.82. The van der Waals surface area contributed by atoms with E-state index in [9.17, 15) is 9.90 Å². The molecule has 2 aliphatic rings. The van der Waals surface area contributed by atoms with E-state index in [0.717, 1.165) is 0 Å². The first-order valence-corrected chi connectivity index (χ1v) is 5.12. The summed E-state index contributed by atoms with van der Waals surface area (Å²) in [4.78, 5) is 13.3. The lowest BCUT2D eigenvalue weighted by atomic mass is 9.80. The van der Waals surface area contributed by atoms with Crippen LogP contribution < -0.4 is 0 Å². The summed E-state index contributed by atoms with van der Waals surface area (Å²) < 4.78 is 10.3. The molecule has 1 spiro atoms. The van der Waals surface area contributed by atoms with Crippen LogP contribution in [-0.2, 0) is 9.47 Å². The zero-order chi connectivity index (χ0) is 11.3. The normalized spacial score (nSPS) is 28.3. The van der Waals surface area contributed by atoms with Gasteiger partial charge in [0.15, 0.2) is 0 Å². The maximum Gasteiger partial charge on any atom is 0.411 e. The van der Waals surface area contributed by atoms with Crippen molar-refractivity contribution in [3.05, 3.63) is 0 Å². The number of β-amino-alcohol motifs (C(OH)–C–C–N with tert-alkyl or cyclic N) is 1. The molecule has 5 nitrogen and oxygen atoms in total. The second kappa shape index (κ2) is 3.09. The van der Waals surface area contributed by atoms with Crippen molar-refractivity contribution in [2.45, 2.75) is 38.0 Å². The third-order valence-electron chi connectivity index (χ3n) is 2.83. The molecule has 5 heteroatoms. The van der Waals surface area contributed by atoms with Crippen LogP contribution in [0, 0.1) is 0 Å². The molecular weight excluding hydrogens is 198 g/mol. The number of ether oxygens (including phenoxy) is 2. The maximum atomic E-state index is 11.7. The van der Waals surface area contributed by atoms with Crippen molar-refractivity contribution < 1.29 is 19.4 Å². The summed E-state index contributed by atoms with van der Waals surface area (Å²) in [6.45, 7) is 6.64. The van der Waals surface area contributed by atoms with Gasteiger partial charge in [-0.25, -0.2) is 4.79 Å². The molecule has 86 valence electrons. The van der Waals surface area contributed by atoms with Gasteiger partial charge in [-0.3, -0.25) is 4.90 Å². The van der Waals surface area contributed by atoms with Crippen molar-refractivity contribution in [2.75, 3.05) is 19.8 Å². The van der Waals surface area contributed by atoms with Gasteiger partial charge in [0, 0.05) is 0 Å². The number of carbonyl (C=O) groups is 1. The fourth-order valence-corrected chi connectivity index (χ4v) is 1.82. The van der Waals surface area contributed by atoms with Crippen LogP contribution in [0.25, 0.3) is 0 Å². The Morgan fingerprint density at radius 3 is 2.47 bits per heavy atom. The van der Waals surface area contributed by atoms with Gasteiger partial charge in [0.05, 0.1) is 25.9 Å². The zero-order valence-corrected chi connectivity index (χ0v) is 9.32. The third-order valence-corrected chi connectivity index (χ3v) is 2.83. The topological polar surface area (TPSA) is 59.0 Å². The molecule has 15 heavy (non-hydrogen) atoms. The van der Waals surface area contributed by atoms with Crippen LogP contribution in [0.5, 0.6) is 0 Å². The van der Waals surface area contributed by atoms with Gasteiger partial charge in [0.25, 0.3) is 0 Å². The number of likely N-dealkylation sites (tertiary alicyclic amines) is 1. The van der Waals surface area contributed by atoms with E-state index in [1.807, 2.05) is 20.8 Å². The quantitative estimate of drug-likeness (QED) is 0.634. The largest absolute Gasteiger partial charge is 0.444 e. The Morgan fingerprint density at radius 2 is 2.13 bits per heavy atom. The van der Waals surface area contributed by atoms with E-state index in [0.29, 0.717) is 19.8 Å². The second-order valence-electron chi connectivity index (χ2n) is 5.20. The summed E-state index contributed by atoms with van der Waals surface area (Å²) in [5, 5.41) is 9.61. The molecule has 0 saturated carbocycles. The minimum Gasteiger partial charge on any atom is -0.444 e. The zero-order valence-electron chi connectivity index (χ0n) is 9.32. The number of aliphatic hydroxyl groups excluding tert-OH is 1. The molecule has 2 aliphatic heterocycles. The van der Waals surface area contributed by atoms with E-state index in [-0.39, 0.29) is 6.09 Å². The predicted molar refractivity (Wildman–Crippen MR) is 52.5 cm³/mol. The molecule has 0 radical (unpaired) electrons. The smallest absolute Gasteiger partial charge is 0.411 e. The minimum atomic E-state index is -0.498. The number of aliphatic hydroxyl groups is 1. The maximum absolute atomic E-state index is 11.7. The highest BCUT2D eigenvalue weighted by Crippen LogP contribution is 2.38. The van der Waals surface area contributed by atoms with Crippen molar-refractivity contribution in [3.8, 4) is 0 Å². The van der Waals surface area contributed by atoms with E-state index in [1.165, 1.54) is 0 Å². The highest BCUT2D eigenvalue weighted by Gasteiger charge is 2.61. The van der Waals surface area contributed by atoms with Crippen molar-refractivity contribution in [1.82, 2.24) is 4.90 Å². The average Bonchev–Trinajstić information content (AvgIpc) is 1.92. The van der Waals surface area contributed by atoms with Crippen LogP contribution >= 0.6 is 0 Å². The van der Waals surface area contributed by atoms with Gasteiger partial charge in [0.2, 0.25) is 0 Å². The van der Waals surface area contributed by atoms with Gasteiger partial charge in [-0.15, -0.1) is 0 Å². The lowest BCUT2D eigenvalue weighted by molar-refractivity contribution is -0.242. The summed E-state index contributed by atoms with van der Waals surface area (Å²) >= 11 is 0. The van der Waals surface area contributed by atoms with Gasteiger partial charge >= 0.3 is 6.09 Å². The van der Waals surface area contributed by atoms with Gasteiger partial charge in [-0.2, -0.15) is 0 Å². The molecular formula is C10H17NO4. The first kappa shape index (κ1) is 10.7. The van der Waals surface area contributed by atoms with Crippen molar-refractivity contribution in [3.63, 3.8) is 0 Å². The Balaban J connectivity index is 1.98. The molecule has 0 aromatic rings. The lowest BCUT2D eigenvalue weighted by Gasteiger charge is -2.59. The number of hydrogen-bond donors (Lipinski definition) is 1. The van der Waals surface area contributed by atoms with Gasteiger partial charge in [0.1, 0.15) is 11.1 Å². The number of rotatable bonds is 0. The Kier molecular flexibility index (Phi) is 2.20. The van der Waals surface area contributed by atoms with Crippen LogP contribution in [0.4, 0.5) is 4.79 Å². The standard InChI is InChI=1S/C10H17NO4/c1-9(2,3)15-8(13)11-4-7(12)10(11)5-14-6-10/h7,12H,4-6H2,1-3H3. The van der Waals surface area contributed by atoms with Crippen molar-refractivity contribution >= 4 is 6.09 Å². The summed E-state index contributed by atoms with van der Waals surface area (Å²) in [6, 6.07) is 0. The third kappa shape index (κ3) is 1.59. The monoisotopic (exact) mass is 215 g/mol. The average molecular weight is 215 g/mol. The van der Waals surface area contributed by atoms with E-state index in [4.69, 9.17) is 9.47 Å². The molecule has 1 amide bonds. The van der Waals surface area contributed by atoms with Gasteiger partial charge < -0.3 is 14.6 Å². The van der Waals surface area contributed by atoms with Crippen LogP contribution in [0.1, 0.15) is 20.8 Å². The van der Waals surface area contributed by atoms with E-state index in [2.05, 4.69) is 0 Å². The molecule has 1 N–H and O–H groups in total. The summed E-state index contributed by atoms with van der Waals surface area (Å²) in [5.74, 6) is 0.